The summed E-state index contributed by atoms with van der Waals surface area (Å²) >= 11 is 0. The van der Waals surface area contributed by atoms with E-state index in [4.69, 9.17) is 4.74 Å². The summed E-state index contributed by atoms with van der Waals surface area (Å²) in [6.45, 7) is 4.39. The van der Waals surface area contributed by atoms with E-state index >= 15 is 0 Å². The molecule has 1 aliphatic carbocycles. The summed E-state index contributed by atoms with van der Waals surface area (Å²) in [6.07, 6.45) is 6.09. The average molecular weight is 265 g/mol. The molecule has 1 aromatic carbocycles. The van der Waals surface area contributed by atoms with Crippen molar-refractivity contribution in [2.24, 2.45) is 5.92 Å². The lowest BCUT2D eigenvalue weighted by molar-refractivity contribution is 0.239. The maximum absolute atomic E-state index is 13.9. The summed E-state index contributed by atoms with van der Waals surface area (Å²) in [7, 11) is 0. The smallest absolute Gasteiger partial charge is 0.165 e. The first-order valence-corrected chi connectivity index (χ1v) is 7.42. The van der Waals surface area contributed by atoms with Gasteiger partial charge in [-0.05, 0) is 37.8 Å². The van der Waals surface area contributed by atoms with Gasteiger partial charge in [0.2, 0.25) is 0 Å². The molecule has 0 spiro atoms. The van der Waals surface area contributed by atoms with Crippen LogP contribution in [0.25, 0.3) is 0 Å². The van der Waals surface area contributed by atoms with Crippen LogP contribution in [0.4, 0.5) is 4.39 Å². The van der Waals surface area contributed by atoms with Gasteiger partial charge >= 0.3 is 0 Å². The van der Waals surface area contributed by atoms with E-state index in [-0.39, 0.29) is 5.82 Å². The molecule has 1 fully saturated rings. The van der Waals surface area contributed by atoms with Crippen molar-refractivity contribution in [1.82, 2.24) is 5.32 Å². The van der Waals surface area contributed by atoms with E-state index in [0.29, 0.717) is 24.8 Å². The van der Waals surface area contributed by atoms with Gasteiger partial charge in [-0.1, -0.05) is 31.9 Å². The minimum atomic E-state index is -0.242. The number of nitrogens with one attached hydrogen (secondary N) is 1. The molecule has 0 saturated heterocycles. The van der Waals surface area contributed by atoms with Gasteiger partial charge in [-0.3, -0.25) is 0 Å². The Hall–Kier alpha value is -1.09. The third kappa shape index (κ3) is 4.20. The van der Waals surface area contributed by atoms with E-state index in [1.54, 1.807) is 6.07 Å². The van der Waals surface area contributed by atoms with E-state index in [9.17, 15) is 4.39 Å². The molecule has 2 rings (SSSR count). The minimum absolute atomic E-state index is 0.242. The van der Waals surface area contributed by atoms with Gasteiger partial charge in [0.15, 0.2) is 11.6 Å². The minimum Gasteiger partial charge on any atom is -0.490 e. The Morgan fingerprint density at radius 3 is 2.84 bits per heavy atom. The maximum atomic E-state index is 13.9. The van der Waals surface area contributed by atoms with Gasteiger partial charge in [0.1, 0.15) is 0 Å². The lowest BCUT2D eigenvalue weighted by Crippen LogP contribution is -2.16. The molecule has 0 aromatic heterocycles. The van der Waals surface area contributed by atoms with Gasteiger partial charge in [-0.2, -0.15) is 0 Å². The summed E-state index contributed by atoms with van der Waals surface area (Å²) in [5.41, 5.74) is 0.923. The van der Waals surface area contributed by atoms with Crippen molar-refractivity contribution in [3.05, 3.63) is 29.6 Å². The molecule has 0 heterocycles. The van der Waals surface area contributed by atoms with Gasteiger partial charge in [0, 0.05) is 12.1 Å². The maximum Gasteiger partial charge on any atom is 0.165 e. The topological polar surface area (TPSA) is 21.3 Å². The van der Waals surface area contributed by atoms with Crippen molar-refractivity contribution in [3.63, 3.8) is 0 Å². The molecular formula is C16H24FNO. The third-order valence-corrected chi connectivity index (χ3v) is 3.73. The van der Waals surface area contributed by atoms with Crippen molar-refractivity contribution in [2.45, 2.75) is 45.6 Å². The van der Waals surface area contributed by atoms with Crippen molar-refractivity contribution in [3.8, 4) is 5.75 Å². The van der Waals surface area contributed by atoms with Gasteiger partial charge in [-0.15, -0.1) is 0 Å². The summed E-state index contributed by atoms with van der Waals surface area (Å²) in [5, 5.41) is 3.30. The normalized spacial score (nSPS) is 15.9. The van der Waals surface area contributed by atoms with Crippen molar-refractivity contribution < 1.29 is 9.13 Å². The van der Waals surface area contributed by atoms with Crippen LogP contribution in [-0.2, 0) is 6.54 Å². The van der Waals surface area contributed by atoms with E-state index in [1.807, 2.05) is 6.07 Å². The monoisotopic (exact) mass is 265 g/mol. The lowest BCUT2D eigenvalue weighted by atomic mass is 10.1. The highest BCUT2D eigenvalue weighted by Gasteiger charge is 2.17. The van der Waals surface area contributed by atoms with Crippen LogP contribution in [0.3, 0.4) is 0 Å². The van der Waals surface area contributed by atoms with Crippen molar-refractivity contribution >= 4 is 0 Å². The molecule has 1 aliphatic rings. The third-order valence-electron chi connectivity index (χ3n) is 3.73. The Balaban J connectivity index is 1.95. The Labute approximate surface area is 115 Å². The number of benzene rings is 1. The molecule has 1 aromatic rings. The number of hydrogen-bond acceptors (Lipinski definition) is 2. The highest BCUT2D eigenvalue weighted by molar-refractivity contribution is 5.34. The van der Waals surface area contributed by atoms with Crippen LogP contribution in [0.1, 0.15) is 44.6 Å². The number of para-hydroxylation sites is 1. The van der Waals surface area contributed by atoms with Crippen molar-refractivity contribution in [1.29, 1.82) is 0 Å². The molecule has 0 aliphatic heterocycles. The molecule has 2 nitrogen and oxygen atoms in total. The zero-order chi connectivity index (χ0) is 13.5. The quantitative estimate of drug-likeness (QED) is 0.755. The SMILES string of the molecule is CCCNCc1cccc(F)c1OCC1CCCC1. The first-order valence-electron chi connectivity index (χ1n) is 7.42. The number of rotatable bonds is 7. The number of halogens is 1. The van der Waals surface area contributed by atoms with E-state index in [1.165, 1.54) is 31.7 Å². The molecule has 0 unspecified atom stereocenters. The fourth-order valence-corrected chi connectivity index (χ4v) is 2.63. The average Bonchev–Trinajstić information content (AvgIpc) is 2.91. The zero-order valence-electron chi connectivity index (χ0n) is 11.8. The first-order chi connectivity index (χ1) is 9.31. The van der Waals surface area contributed by atoms with Gasteiger partial charge < -0.3 is 10.1 Å². The molecule has 0 radical (unpaired) electrons. The zero-order valence-corrected chi connectivity index (χ0v) is 11.8. The van der Waals surface area contributed by atoms with E-state index in [2.05, 4.69) is 12.2 Å². The summed E-state index contributed by atoms with van der Waals surface area (Å²) in [4.78, 5) is 0. The second kappa shape index (κ2) is 7.49. The lowest BCUT2D eigenvalue weighted by Gasteiger charge is -2.15. The fraction of sp³-hybridized carbons (Fsp3) is 0.625. The summed E-state index contributed by atoms with van der Waals surface area (Å²) < 4.78 is 19.6. The molecule has 0 atom stereocenters. The second-order valence-electron chi connectivity index (χ2n) is 5.37. The van der Waals surface area contributed by atoms with Gasteiger partial charge in [0.25, 0.3) is 0 Å². The molecule has 0 bridgehead atoms. The summed E-state index contributed by atoms with van der Waals surface area (Å²) in [6, 6.07) is 5.17. The molecule has 1 N–H and O–H groups in total. The number of hydrogen-bond donors (Lipinski definition) is 1. The van der Waals surface area contributed by atoms with Gasteiger partial charge in [0.05, 0.1) is 6.61 Å². The molecular weight excluding hydrogens is 241 g/mol. The first kappa shape index (κ1) is 14.3. The van der Waals surface area contributed by atoms with Crippen LogP contribution in [0.2, 0.25) is 0 Å². The predicted octanol–water partition coefficient (Wildman–Crippen LogP) is 3.89. The standard InChI is InChI=1S/C16H24FNO/c1-2-10-18-11-14-8-5-9-15(17)16(14)19-12-13-6-3-4-7-13/h5,8-9,13,18H,2-4,6-7,10-12H2,1H3. The van der Waals surface area contributed by atoms with E-state index < -0.39 is 0 Å². The van der Waals surface area contributed by atoms with Crippen LogP contribution in [0, 0.1) is 11.7 Å². The molecule has 106 valence electrons. The van der Waals surface area contributed by atoms with Gasteiger partial charge in [-0.25, -0.2) is 4.39 Å². The highest BCUT2D eigenvalue weighted by Crippen LogP contribution is 2.28. The Morgan fingerprint density at radius 2 is 2.11 bits per heavy atom. The Bertz CT molecular complexity index is 388. The highest BCUT2D eigenvalue weighted by atomic mass is 19.1. The predicted molar refractivity (Wildman–Crippen MR) is 75.9 cm³/mol. The molecule has 3 heteroatoms. The molecule has 19 heavy (non-hydrogen) atoms. The second-order valence-corrected chi connectivity index (χ2v) is 5.37. The van der Waals surface area contributed by atoms with Crippen LogP contribution in [0.5, 0.6) is 5.75 Å². The Kier molecular flexibility index (Phi) is 5.64. The van der Waals surface area contributed by atoms with Crippen LogP contribution < -0.4 is 10.1 Å². The summed E-state index contributed by atoms with van der Waals surface area (Å²) in [5.74, 6) is 0.808. The fourth-order valence-electron chi connectivity index (χ4n) is 2.63. The van der Waals surface area contributed by atoms with Crippen LogP contribution in [-0.4, -0.2) is 13.2 Å². The van der Waals surface area contributed by atoms with Crippen LogP contribution >= 0.6 is 0 Å². The van der Waals surface area contributed by atoms with E-state index in [0.717, 1.165) is 18.5 Å². The molecule has 1 saturated carbocycles. The molecule has 0 amide bonds. The van der Waals surface area contributed by atoms with Crippen LogP contribution in [0.15, 0.2) is 18.2 Å². The van der Waals surface area contributed by atoms with Crippen molar-refractivity contribution in [2.75, 3.05) is 13.2 Å². The largest absolute Gasteiger partial charge is 0.490 e. The number of ether oxygens (including phenoxy) is 1. The Morgan fingerprint density at radius 1 is 1.32 bits per heavy atom.